The van der Waals surface area contributed by atoms with Crippen LogP contribution in [0, 0.1) is 28.6 Å². The molecular weight excluding hydrogens is 144 g/mol. The van der Waals surface area contributed by atoms with E-state index in [1.165, 1.54) is 5.57 Å². The zero-order valence-electron chi connectivity index (χ0n) is 8.78. The van der Waals surface area contributed by atoms with Crippen LogP contribution in [0.25, 0.3) is 0 Å². The normalized spacial score (nSPS) is 26.1. The second-order valence-electron chi connectivity index (χ2n) is 5.20. The van der Waals surface area contributed by atoms with Crippen molar-refractivity contribution in [3.8, 4) is 11.8 Å². The van der Waals surface area contributed by atoms with Crippen LogP contribution in [0.5, 0.6) is 0 Å². The minimum atomic E-state index is 0.124. The summed E-state index contributed by atoms with van der Waals surface area (Å²) in [5, 5.41) is 0. The maximum Gasteiger partial charge on any atom is 0.0503 e. The van der Waals surface area contributed by atoms with Crippen molar-refractivity contribution in [2.75, 3.05) is 0 Å². The minimum absolute atomic E-state index is 0.124. The van der Waals surface area contributed by atoms with Gasteiger partial charge in [0.2, 0.25) is 0 Å². The maximum atomic E-state index is 4.00. The van der Waals surface area contributed by atoms with Gasteiger partial charge in [0.15, 0.2) is 0 Å². The molecule has 66 valence electrons. The van der Waals surface area contributed by atoms with Gasteiger partial charge in [-0.25, -0.2) is 0 Å². The average Bonchev–Trinajstić information content (AvgIpc) is 2.28. The number of hydrogen-bond acceptors (Lipinski definition) is 0. The van der Waals surface area contributed by atoms with Crippen LogP contribution in [-0.2, 0) is 0 Å². The molecule has 1 atom stereocenters. The third kappa shape index (κ3) is 1.72. The molecule has 1 fully saturated rings. The first-order valence-corrected chi connectivity index (χ1v) is 4.47. The second kappa shape index (κ2) is 2.39. The summed E-state index contributed by atoms with van der Waals surface area (Å²) >= 11 is 0. The van der Waals surface area contributed by atoms with E-state index in [0.29, 0.717) is 5.92 Å². The van der Waals surface area contributed by atoms with Crippen molar-refractivity contribution in [2.24, 2.45) is 16.7 Å². The number of allylic oxidation sites excluding steroid dienone is 1. The van der Waals surface area contributed by atoms with Crippen LogP contribution in [0.1, 0.15) is 34.6 Å². The molecule has 1 saturated carbocycles. The molecule has 0 aromatic carbocycles. The van der Waals surface area contributed by atoms with E-state index >= 15 is 0 Å². The van der Waals surface area contributed by atoms with Gasteiger partial charge in [-0.1, -0.05) is 37.8 Å². The number of rotatable bonds is 0. The Morgan fingerprint density at radius 1 is 1.33 bits per heavy atom. The van der Waals surface area contributed by atoms with Gasteiger partial charge < -0.3 is 0 Å². The predicted molar refractivity (Wildman–Crippen MR) is 53.6 cm³/mol. The fourth-order valence-corrected chi connectivity index (χ4v) is 1.19. The summed E-state index contributed by atoms with van der Waals surface area (Å²) in [6, 6.07) is 0. The van der Waals surface area contributed by atoms with Crippen LogP contribution in [0.3, 0.4) is 0 Å². The minimum Gasteiger partial charge on any atom is -0.0980 e. The second-order valence-corrected chi connectivity index (χ2v) is 5.20. The summed E-state index contributed by atoms with van der Waals surface area (Å²) in [5.41, 5.74) is 1.69. The van der Waals surface area contributed by atoms with Crippen LogP contribution < -0.4 is 0 Å². The highest BCUT2D eigenvalue weighted by Gasteiger charge is 2.49. The number of hydrogen-bond donors (Lipinski definition) is 0. The molecule has 12 heavy (non-hydrogen) atoms. The summed E-state index contributed by atoms with van der Waals surface area (Å²) in [7, 11) is 0. The van der Waals surface area contributed by atoms with Gasteiger partial charge in [-0.05, 0) is 20.8 Å². The van der Waals surface area contributed by atoms with Crippen LogP contribution in [0.4, 0.5) is 0 Å². The third-order valence-electron chi connectivity index (χ3n) is 2.41. The molecule has 0 aromatic heterocycles. The lowest BCUT2D eigenvalue weighted by atomic mass is 9.97. The summed E-state index contributed by atoms with van der Waals surface area (Å²) in [6.07, 6.45) is 0. The molecule has 0 heteroatoms. The van der Waals surface area contributed by atoms with Crippen LogP contribution in [0.2, 0.25) is 0 Å². The van der Waals surface area contributed by atoms with Gasteiger partial charge >= 0.3 is 0 Å². The Morgan fingerprint density at radius 2 is 1.75 bits per heavy atom. The molecule has 0 aromatic rings. The van der Waals surface area contributed by atoms with Crippen molar-refractivity contribution < 1.29 is 0 Å². The van der Waals surface area contributed by atoms with Crippen LogP contribution >= 0.6 is 0 Å². The Hall–Kier alpha value is -0.700. The van der Waals surface area contributed by atoms with Crippen molar-refractivity contribution in [1.82, 2.24) is 0 Å². The Balaban J connectivity index is 2.66. The van der Waals surface area contributed by atoms with Crippen LogP contribution in [0.15, 0.2) is 12.2 Å². The van der Waals surface area contributed by atoms with Gasteiger partial charge in [0.1, 0.15) is 0 Å². The van der Waals surface area contributed by atoms with Gasteiger partial charge in [-0.2, -0.15) is 0 Å². The quantitative estimate of drug-likeness (QED) is 0.379. The SMILES string of the molecule is C=C1C(C#CC(C)(C)C)C1(C)C. The Morgan fingerprint density at radius 3 is 2.00 bits per heavy atom. The fourth-order valence-electron chi connectivity index (χ4n) is 1.19. The maximum absolute atomic E-state index is 4.00. The zero-order valence-corrected chi connectivity index (χ0v) is 8.78. The molecule has 0 bridgehead atoms. The highest BCUT2D eigenvalue weighted by molar-refractivity contribution is 5.42. The standard InChI is InChI=1S/C12H18/c1-9-10(12(9,5)6)7-8-11(2,3)4/h10H,1H2,2-6H3. The van der Waals surface area contributed by atoms with E-state index < -0.39 is 0 Å². The molecule has 0 amide bonds. The van der Waals surface area contributed by atoms with Crippen molar-refractivity contribution in [3.05, 3.63) is 12.2 Å². The summed E-state index contributed by atoms with van der Waals surface area (Å²) < 4.78 is 0. The van der Waals surface area contributed by atoms with Gasteiger partial charge in [0.25, 0.3) is 0 Å². The van der Waals surface area contributed by atoms with Gasteiger partial charge in [0, 0.05) is 10.8 Å². The molecule has 1 aliphatic carbocycles. The summed E-state index contributed by atoms with van der Waals surface area (Å²) in [4.78, 5) is 0. The topological polar surface area (TPSA) is 0 Å². The Kier molecular flexibility index (Phi) is 1.87. The first-order valence-electron chi connectivity index (χ1n) is 4.47. The molecule has 0 N–H and O–H groups in total. The molecule has 0 nitrogen and oxygen atoms in total. The van der Waals surface area contributed by atoms with Gasteiger partial charge in [0.05, 0.1) is 5.92 Å². The predicted octanol–water partition coefficient (Wildman–Crippen LogP) is 3.25. The first-order chi connectivity index (χ1) is 5.25. The Bertz CT molecular complexity index is 263. The van der Waals surface area contributed by atoms with Crippen molar-refractivity contribution in [1.29, 1.82) is 0 Å². The van der Waals surface area contributed by atoms with E-state index in [-0.39, 0.29) is 10.8 Å². The van der Waals surface area contributed by atoms with Crippen molar-refractivity contribution in [3.63, 3.8) is 0 Å². The molecule has 1 rings (SSSR count). The smallest absolute Gasteiger partial charge is 0.0503 e. The molecule has 0 saturated heterocycles. The van der Waals surface area contributed by atoms with Crippen LogP contribution in [-0.4, -0.2) is 0 Å². The van der Waals surface area contributed by atoms with Crippen molar-refractivity contribution >= 4 is 0 Å². The van der Waals surface area contributed by atoms with Gasteiger partial charge in [-0.15, -0.1) is 0 Å². The molecule has 0 spiro atoms. The molecule has 0 radical (unpaired) electrons. The van der Waals surface area contributed by atoms with Crippen molar-refractivity contribution in [2.45, 2.75) is 34.6 Å². The lowest BCUT2D eigenvalue weighted by Gasteiger charge is -2.06. The average molecular weight is 162 g/mol. The molecule has 1 aliphatic rings. The van der Waals surface area contributed by atoms with E-state index in [1.807, 2.05) is 0 Å². The molecular formula is C12H18. The highest BCUT2D eigenvalue weighted by atomic mass is 14.5. The van der Waals surface area contributed by atoms with E-state index in [4.69, 9.17) is 0 Å². The van der Waals surface area contributed by atoms with Gasteiger partial charge in [-0.3, -0.25) is 0 Å². The first kappa shape index (κ1) is 9.39. The fraction of sp³-hybridized carbons (Fsp3) is 0.667. The van der Waals surface area contributed by atoms with E-state index in [1.54, 1.807) is 0 Å². The summed E-state index contributed by atoms with van der Waals surface area (Å²) in [5.74, 6) is 6.99. The molecule has 0 aliphatic heterocycles. The molecule has 0 heterocycles. The Labute approximate surface area is 76.1 Å². The lowest BCUT2D eigenvalue weighted by molar-refractivity contribution is 0.567. The van der Waals surface area contributed by atoms with E-state index in [0.717, 1.165) is 0 Å². The highest BCUT2D eigenvalue weighted by Crippen LogP contribution is 2.56. The summed E-state index contributed by atoms with van der Waals surface area (Å²) in [6.45, 7) is 14.8. The molecule has 1 unspecified atom stereocenters. The van der Waals surface area contributed by atoms with E-state index in [2.05, 4.69) is 53.0 Å². The lowest BCUT2D eigenvalue weighted by Crippen LogP contribution is -2.00. The zero-order chi connectivity index (χ0) is 9.57. The third-order valence-corrected chi connectivity index (χ3v) is 2.41. The largest absolute Gasteiger partial charge is 0.0980 e. The van der Waals surface area contributed by atoms with E-state index in [9.17, 15) is 0 Å². The monoisotopic (exact) mass is 162 g/mol.